The van der Waals surface area contributed by atoms with Gasteiger partial charge in [0.2, 0.25) is 6.79 Å². The van der Waals surface area contributed by atoms with Crippen molar-refractivity contribution in [2.45, 2.75) is 13.3 Å². The molecule has 0 saturated heterocycles. The number of ether oxygens (including phenoxy) is 2. The molecule has 0 spiro atoms. The molecular formula is C17H14N2O3S. The van der Waals surface area contributed by atoms with Gasteiger partial charge in [-0.25, -0.2) is 0 Å². The number of amides is 1. The van der Waals surface area contributed by atoms with Crippen molar-refractivity contribution >= 4 is 29.0 Å². The van der Waals surface area contributed by atoms with E-state index in [-0.39, 0.29) is 12.4 Å². The Hall–Kier alpha value is -2.78. The molecule has 116 valence electrons. The predicted molar refractivity (Wildman–Crippen MR) is 88.5 cm³/mol. The van der Waals surface area contributed by atoms with Crippen LogP contribution in [0.4, 0.5) is 5.69 Å². The van der Waals surface area contributed by atoms with Gasteiger partial charge in [-0.1, -0.05) is 6.92 Å². The fourth-order valence-corrected chi connectivity index (χ4v) is 3.02. The molecule has 0 saturated carbocycles. The molecule has 0 bridgehead atoms. The van der Waals surface area contributed by atoms with E-state index >= 15 is 0 Å². The third kappa shape index (κ3) is 3.35. The fraction of sp³-hybridized carbons (Fsp3) is 0.176. The quantitative estimate of drug-likeness (QED) is 0.688. The van der Waals surface area contributed by atoms with Gasteiger partial charge in [-0.15, -0.1) is 11.3 Å². The smallest absolute Gasteiger partial charge is 0.266 e. The third-order valence-electron chi connectivity index (χ3n) is 3.31. The highest BCUT2D eigenvalue weighted by Gasteiger charge is 2.15. The average molecular weight is 326 g/mol. The zero-order chi connectivity index (χ0) is 16.2. The lowest BCUT2D eigenvalue weighted by molar-refractivity contribution is -0.112. The molecule has 0 radical (unpaired) electrons. The zero-order valence-electron chi connectivity index (χ0n) is 12.5. The van der Waals surface area contributed by atoms with Gasteiger partial charge in [0.05, 0.1) is 0 Å². The minimum Gasteiger partial charge on any atom is -0.454 e. The van der Waals surface area contributed by atoms with Gasteiger partial charge in [-0.3, -0.25) is 4.79 Å². The normalized spacial score (nSPS) is 12.8. The number of carbonyl (C=O) groups excluding carboxylic acids is 1. The second-order valence-electron chi connectivity index (χ2n) is 4.85. The summed E-state index contributed by atoms with van der Waals surface area (Å²) in [6, 6.07) is 11.0. The molecule has 0 aliphatic carbocycles. The van der Waals surface area contributed by atoms with Gasteiger partial charge in [-0.2, -0.15) is 5.26 Å². The standard InChI is InChI=1S/C17H14N2O3S/c1-2-13-4-5-14(23-13)7-11(9-18)17(20)19-12-3-6-15-16(8-12)22-10-21-15/h3-8H,2,10H2,1H3,(H,19,20)/b11-7+. The molecule has 1 aromatic heterocycles. The minimum absolute atomic E-state index is 0.0622. The van der Waals surface area contributed by atoms with Crippen LogP contribution >= 0.6 is 11.3 Å². The number of benzene rings is 1. The van der Waals surface area contributed by atoms with Gasteiger partial charge in [0.15, 0.2) is 11.5 Å². The number of aryl methyl sites for hydroxylation is 1. The van der Waals surface area contributed by atoms with Gasteiger partial charge >= 0.3 is 0 Å². The van der Waals surface area contributed by atoms with Crippen LogP contribution in [-0.4, -0.2) is 12.7 Å². The van der Waals surface area contributed by atoms with Crippen LogP contribution in [0.3, 0.4) is 0 Å². The van der Waals surface area contributed by atoms with Crippen LogP contribution in [0.1, 0.15) is 16.7 Å². The monoisotopic (exact) mass is 326 g/mol. The first-order valence-electron chi connectivity index (χ1n) is 7.11. The van der Waals surface area contributed by atoms with E-state index in [0.717, 1.165) is 11.3 Å². The highest BCUT2D eigenvalue weighted by atomic mass is 32.1. The number of nitriles is 1. The number of hydrogen-bond donors (Lipinski definition) is 1. The Morgan fingerprint density at radius 2 is 2.17 bits per heavy atom. The van der Waals surface area contributed by atoms with E-state index in [1.165, 1.54) is 4.88 Å². The van der Waals surface area contributed by atoms with E-state index in [2.05, 4.69) is 12.2 Å². The number of nitrogens with one attached hydrogen (secondary N) is 1. The number of thiophene rings is 1. The van der Waals surface area contributed by atoms with Crippen molar-refractivity contribution in [2.24, 2.45) is 0 Å². The zero-order valence-corrected chi connectivity index (χ0v) is 13.3. The van der Waals surface area contributed by atoms with Crippen LogP contribution in [-0.2, 0) is 11.2 Å². The molecule has 1 N–H and O–H groups in total. The molecule has 3 rings (SSSR count). The molecule has 1 aliphatic heterocycles. The van der Waals surface area contributed by atoms with Crippen molar-refractivity contribution in [3.8, 4) is 17.6 Å². The van der Waals surface area contributed by atoms with Gasteiger partial charge in [0, 0.05) is 21.5 Å². The van der Waals surface area contributed by atoms with Gasteiger partial charge < -0.3 is 14.8 Å². The van der Waals surface area contributed by atoms with Crippen molar-refractivity contribution in [1.82, 2.24) is 0 Å². The summed E-state index contributed by atoms with van der Waals surface area (Å²) in [5.74, 6) is 0.777. The minimum atomic E-state index is -0.446. The molecule has 0 fully saturated rings. The number of rotatable bonds is 4. The van der Waals surface area contributed by atoms with Crippen molar-refractivity contribution < 1.29 is 14.3 Å². The molecule has 23 heavy (non-hydrogen) atoms. The second-order valence-corrected chi connectivity index (χ2v) is 6.05. The number of nitrogens with zero attached hydrogens (tertiary/aromatic N) is 1. The lowest BCUT2D eigenvalue weighted by atomic mass is 10.2. The van der Waals surface area contributed by atoms with E-state index in [9.17, 15) is 10.1 Å². The Morgan fingerprint density at radius 1 is 1.35 bits per heavy atom. The third-order valence-corrected chi connectivity index (χ3v) is 4.49. The molecule has 6 heteroatoms. The summed E-state index contributed by atoms with van der Waals surface area (Å²) in [7, 11) is 0. The summed E-state index contributed by atoms with van der Waals surface area (Å²) in [6.07, 6.45) is 2.54. The first kappa shape index (κ1) is 15.1. The Morgan fingerprint density at radius 3 is 2.91 bits per heavy atom. The Bertz CT molecular complexity index is 817. The van der Waals surface area contributed by atoms with Crippen LogP contribution in [0.15, 0.2) is 35.9 Å². The topological polar surface area (TPSA) is 71.4 Å². The summed E-state index contributed by atoms with van der Waals surface area (Å²) in [4.78, 5) is 14.4. The van der Waals surface area contributed by atoms with E-state index in [4.69, 9.17) is 9.47 Å². The van der Waals surface area contributed by atoms with Crippen molar-refractivity contribution in [3.05, 3.63) is 45.7 Å². The van der Waals surface area contributed by atoms with E-state index in [1.54, 1.807) is 35.6 Å². The molecule has 2 heterocycles. The number of anilines is 1. The number of fused-ring (bicyclic) bond motifs is 1. The van der Waals surface area contributed by atoms with Gasteiger partial charge in [-0.05, 0) is 36.8 Å². The molecule has 1 aromatic carbocycles. The van der Waals surface area contributed by atoms with Crippen molar-refractivity contribution in [2.75, 3.05) is 12.1 Å². The Balaban J connectivity index is 1.76. The van der Waals surface area contributed by atoms with Crippen LogP contribution in [0.5, 0.6) is 11.5 Å². The second kappa shape index (κ2) is 6.55. The highest BCUT2D eigenvalue weighted by Crippen LogP contribution is 2.34. The lowest BCUT2D eigenvalue weighted by Gasteiger charge is -2.05. The molecule has 2 aromatic rings. The Kier molecular flexibility index (Phi) is 4.31. The summed E-state index contributed by atoms with van der Waals surface area (Å²) >= 11 is 1.57. The first-order valence-corrected chi connectivity index (χ1v) is 7.92. The Labute approximate surface area is 137 Å². The summed E-state index contributed by atoms with van der Waals surface area (Å²) in [5.41, 5.74) is 0.619. The van der Waals surface area contributed by atoms with Crippen LogP contribution < -0.4 is 14.8 Å². The van der Waals surface area contributed by atoms with Crippen molar-refractivity contribution in [1.29, 1.82) is 5.26 Å². The van der Waals surface area contributed by atoms with E-state index in [1.807, 2.05) is 18.2 Å². The van der Waals surface area contributed by atoms with Crippen LogP contribution in [0.2, 0.25) is 0 Å². The van der Waals surface area contributed by atoms with E-state index in [0.29, 0.717) is 17.2 Å². The van der Waals surface area contributed by atoms with Gasteiger partial charge in [0.1, 0.15) is 11.6 Å². The average Bonchev–Trinajstić information content (AvgIpc) is 3.20. The van der Waals surface area contributed by atoms with Crippen LogP contribution in [0, 0.1) is 11.3 Å². The first-order chi connectivity index (χ1) is 11.2. The van der Waals surface area contributed by atoms with E-state index < -0.39 is 5.91 Å². The van der Waals surface area contributed by atoms with Crippen molar-refractivity contribution in [3.63, 3.8) is 0 Å². The summed E-state index contributed by atoms with van der Waals surface area (Å²) < 4.78 is 10.5. The summed E-state index contributed by atoms with van der Waals surface area (Å²) in [6.45, 7) is 2.24. The fourth-order valence-electron chi connectivity index (χ4n) is 2.13. The predicted octanol–water partition coefficient (Wildman–Crippen LogP) is 3.58. The maximum atomic E-state index is 12.3. The highest BCUT2D eigenvalue weighted by molar-refractivity contribution is 7.12. The van der Waals surface area contributed by atoms with Crippen LogP contribution in [0.25, 0.3) is 6.08 Å². The molecule has 0 atom stereocenters. The number of hydrogen-bond acceptors (Lipinski definition) is 5. The molecule has 0 unspecified atom stereocenters. The maximum absolute atomic E-state index is 12.3. The lowest BCUT2D eigenvalue weighted by Crippen LogP contribution is -2.13. The summed E-state index contributed by atoms with van der Waals surface area (Å²) in [5, 5.41) is 11.9. The molecular weight excluding hydrogens is 312 g/mol. The SMILES string of the molecule is CCc1ccc(/C=C(\C#N)C(=O)Nc2ccc3c(c2)OCO3)s1. The molecule has 1 aliphatic rings. The largest absolute Gasteiger partial charge is 0.454 e. The number of carbonyl (C=O) groups is 1. The molecule has 5 nitrogen and oxygen atoms in total. The maximum Gasteiger partial charge on any atom is 0.266 e. The van der Waals surface area contributed by atoms with Gasteiger partial charge in [0.25, 0.3) is 5.91 Å². The molecule has 1 amide bonds.